The third kappa shape index (κ3) is 5.28. The maximum atomic E-state index is 12.2. The molecule has 0 radical (unpaired) electrons. The molecule has 0 spiro atoms. The molecule has 0 atom stereocenters. The topological polar surface area (TPSA) is 112 Å². The summed E-state index contributed by atoms with van der Waals surface area (Å²) in [5, 5.41) is 22.8. The standard InChI is InChI=1S/C19H18ClN5O4S/c1-12-7-8-13(20)16(9-12)29-10-17-22-23-19(24(17)2)30-11-18(26)21-14-5-3-4-6-15(14)25(27)28/h3-9H,10-11H2,1-2H3,(H,21,26). The number of halogens is 1. The van der Waals surface area contributed by atoms with Gasteiger partial charge in [0.05, 0.1) is 15.7 Å². The maximum Gasteiger partial charge on any atom is 0.292 e. The van der Waals surface area contributed by atoms with Crippen molar-refractivity contribution in [3.63, 3.8) is 0 Å². The Labute approximate surface area is 181 Å². The van der Waals surface area contributed by atoms with Gasteiger partial charge in [-0.1, -0.05) is 41.6 Å². The number of benzene rings is 2. The third-order valence-corrected chi connectivity index (χ3v) is 5.41. The van der Waals surface area contributed by atoms with Gasteiger partial charge in [0.1, 0.15) is 18.0 Å². The van der Waals surface area contributed by atoms with E-state index in [1.54, 1.807) is 23.7 Å². The summed E-state index contributed by atoms with van der Waals surface area (Å²) in [5.41, 5.74) is 1.01. The predicted molar refractivity (Wildman–Crippen MR) is 114 cm³/mol. The van der Waals surface area contributed by atoms with E-state index in [0.29, 0.717) is 21.8 Å². The molecule has 11 heteroatoms. The van der Waals surface area contributed by atoms with Crippen molar-refractivity contribution in [2.75, 3.05) is 11.1 Å². The molecule has 1 heterocycles. The van der Waals surface area contributed by atoms with E-state index in [9.17, 15) is 14.9 Å². The van der Waals surface area contributed by atoms with Crippen molar-refractivity contribution in [2.45, 2.75) is 18.7 Å². The van der Waals surface area contributed by atoms with Crippen LogP contribution < -0.4 is 10.1 Å². The quantitative estimate of drug-likeness (QED) is 0.315. The molecule has 1 N–H and O–H groups in total. The zero-order chi connectivity index (χ0) is 21.7. The summed E-state index contributed by atoms with van der Waals surface area (Å²) in [6.45, 7) is 2.10. The molecule has 3 rings (SSSR count). The van der Waals surface area contributed by atoms with Gasteiger partial charge >= 0.3 is 0 Å². The summed E-state index contributed by atoms with van der Waals surface area (Å²) in [6.07, 6.45) is 0. The van der Waals surface area contributed by atoms with Gasteiger partial charge in [-0.15, -0.1) is 10.2 Å². The first-order valence-electron chi connectivity index (χ1n) is 8.78. The Hall–Kier alpha value is -3.11. The summed E-state index contributed by atoms with van der Waals surface area (Å²) in [7, 11) is 1.76. The van der Waals surface area contributed by atoms with Gasteiger partial charge in [0, 0.05) is 13.1 Å². The first-order valence-corrected chi connectivity index (χ1v) is 10.1. The highest BCUT2D eigenvalue weighted by Gasteiger charge is 2.16. The van der Waals surface area contributed by atoms with Gasteiger partial charge in [-0.3, -0.25) is 14.9 Å². The number of hydrogen-bond acceptors (Lipinski definition) is 7. The molecule has 0 aliphatic heterocycles. The molecule has 0 aliphatic carbocycles. The van der Waals surface area contributed by atoms with E-state index in [1.807, 2.05) is 19.1 Å². The Morgan fingerprint density at radius 1 is 1.30 bits per heavy atom. The van der Waals surface area contributed by atoms with E-state index >= 15 is 0 Å². The smallest absolute Gasteiger partial charge is 0.292 e. The van der Waals surface area contributed by atoms with Gasteiger partial charge in [0.2, 0.25) is 5.91 Å². The van der Waals surface area contributed by atoms with Crippen LogP contribution in [0, 0.1) is 17.0 Å². The normalized spacial score (nSPS) is 10.6. The fourth-order valence-electron chi connectivity index (χ4n) is 2.51. The van der Waals surface area contributed by atoms with Crippen molar-refractivity contribution in [1.82, 2.24) is 14.8 Å². The number of anilines is 1. The fourth-order valence-corrected chi connectivity index (χ4v) is 3.42. The van der Waals surface area contributed by atoms with Crippen LogP contribution in [-0.2, 0) is 18.4 Å². The number of para-hydroxylation sites is 2. The minimum Gasteiger partial charge on any atom is -0.484 e. The van der Waals surface area contributed by atoms with E-state index in [2.05, 4.69) is 15.5 Å². The lowest BCUT2D eigenvalue weighted by molar-refractivity contribution is -0.383. The Balaban J connectivity index is 1.58. The van der Waals surface area contributed by atoms with Gasteiger partial charge in [-0.2, -0.15) is 0 Å². The van der Waals surface area contributed by atoms with E-state index in [0.717, 1.165) is 17.3 Å². The number of thioether (sulfide) groups is 1. The predicted octanol–water partition coefficient (Wildman–Crippen LogP) is 3.99. The highest BCUT2D eigenvalue weighted by molar-refractivity contribution is 7.99. The van der Waals surface area contributed by atoms with Crippen LogP contribution in [0.5, 0.6) is 5.75 Å². The van der Waals surface area contributed by atoms with Gasteiger partial charge in [-0.25, -0.2) is 0 Å². The summed E-state index contributed by atoms with van der Waals surface area (Å²) < 4.78 is 7.45. The number of rotatable bonds is 8. The third-order valence-electron chi connectivity index (χ3n) is 4.08. The first kappa shape index (κ1) is 21.6. The van der Waals surface area contributed by atoms with Crippen molar-refractivity contribution in [3.05, 3.63) is 69.0 Å². The highest BCUT2D eigenvalue weighted by Crippen LogP contribution is 2.27. The van der Waals surface area contributed by atoms with Crippen LogP contribution in [0.2, 0.25) is 5.02 Å². The number of carbonyl (C=O) groups excluding carboxylic acids is 1. The van der Waals surface area contributed by atoms with E-state index < -0.39 is 4.92 Å². The van der Waals surface area contributed by atoms with Gasteiger partial charge in [0.15, 0.2) is 11.0 Å². The van der Waals surface area contributed by atoms with E-state index in [4.69, 9.17) is 16.3 Å². The van der Waals surface area contributed by atoms with Crippen LogP contribution in [0.1, 0.15) is 11.4 Å². The molecule has 0 saturated carbocycles. The average molecular weight is 448 g/mol. The van der Waals surface area contributed by atoms with Crippen molar-refractivity contribution >= 4 is 40.6 Å². The number of aryl methyl sites for hydroxylation is 1. The largest absolute Gasteiger partial charge is 0.484 e. The zero-order valence-electron chi connectivity index (χ0n) is 16.2. The van der Waals surface area contributed by atoms with Crippen LogP contribution in [0.3, 0.4) is 0 Å². The number of aromatic nitrogens is 3. The first-order chi connectivity index (χ1) is 14.3. The van der Waals surface area contributed by atoms with Crippen LogP contribution >= 0.6 is 23.4 Å². The molecular formula is C19H18ClN5O4S. The molecule has 156 valence electrons. The molecule has 0 bridgehead atoms. The van der Waals surface area contributed by atoms with Crippen molar-refractivity contribution in [3.8, 4) is 5.75 Å². The lowest BCUT2D eigenvalue weighted by atomic mass is 10.2. The van der Waals surface area contributed by atoms with Crippen molar-refractivity contribution < 1.29 is 14.5 Å². The van der Waals surface area contributed by atoms with Crippen LogP contribution in [0.15, 0.2) is 47.6 Å². The number of amides is 1. The van der Waals surface area contributed by atoms with Gasteiger partial charge < -0.3 is 14.6 Å². The van der Waals surface area contributed by atoms with Crippen molar-refractivity contribution in [2.24, 2.45) is 7.05 Å². The molecule has 30 heavy (non-hydrogen) atoms. The summed E-state index contributed by atoms with van der Waals surface area (Å²) in [4.78, 5) is 22.7. The Morgan fingerprint density at radius 2 is 2.07 bits per heavy atom. The lowest BCUT2D eigenvalue weighted by Crippen LogP contribution is -2.15. The number of ether oxygens (including phenoxy) is 1. The minimum atomic E-state index is -0.543. The second-order valence-electron chi connectivity index (χ2n) is 6.29. The monoisotopic (exact) mass is 447 g/mol. The highest BCUT2D eigenvalue weighted by atomic mass is 35.5. The SMILES string of the molecule is Cc1ccc(Cl)c(OCc2nnc(SCC(=O)Nc3ccccc3[N+](=O)[O-])n2C)c1. The second-order valence-corrected chi connectivity index (χ2v) is 7.64. The Morgan fingerprint density at radius 3 is 2.83 bits per heavy atom. The molecule has 0 saturated heterocycles. The summed E-state index contributed by atoms with van der Waals surface area (Å²) in [5.74, 6) is 0.747. The van der Waals surface area contributed by atoms with Crippen LogP contribution in [0.4, 0.5) is 11.4 Å². The fraction of sp³-hybridized carbons (Fsp3) is 0.211. The number of nitrogens with one attached hydrogen (secondary N) is 1. The molecule has 1 amide bonds. The minimum absolute atomic E-state index is 0.0165. The second kappa shape index (κ2) is 9.59. The van der Waals surface area contributed by atoms with Crippen LogP contribution in [-0.4, -0.2) is 31.3 Å². The van der Waals surface area contributed by atoms with Crippen molar-refractivity contribution in [1.29, 1.82) is 0 Å². The van der Waals surface area contributed by atoms with Gasteiger partial charge in [0.25, 0.3) is 5.69 Å². The van der Waals surface area contributed by atoms with E-state index in [-0.39, 0.29) is 29.6 Å². The number of nitrogens with zero attached hydrogens (tertiary/aromatic N) is 4. The molecule has 0 fully saturated rings. The molecule has 3 aromatic rings. The molecule has 0 aliphatic rings. The van der Waals surface area contributed by atoms with Crippen LogP contribution in [0.25, 0.3) is 0 Å². The molecule has 2 aromatic carbocycles. The number of hydrogen-bond donors (Lipinski definition) is 1. The Bertz CT molecular complexity index is 1090. The number of nitro benzene ring substituents is 1. The average Bonchev–Trinajstić information content (AvgIpc) is 3.07. The zero-order valence-corrected chi connectivity index (χ0v) is 17.7. The number of carbonyl (C=O) groups is 1. The maximum absolute atomic E-state index is 12.2. The number of nitro groups is 1. The molecule has 1 aromatic heterocycles. The molecular weight excluding hydrogens is 430 g/mol. The summed E-state index contributed by atoms with van der Waals surface area (Å²) >= 11 is 7.29. The summed E-state index contributed by atoms with van der Waals surface area (Å²) in [6, 6.07) is 11.5. The molecule has 9 nitrogen and oxygen atoms in total. The lowest BCUT2D eigenvalue weighted by Gasteiger charge is -2.09. The molecule has 0 unspecified atom stereocenters. The van der Waals surface area contributed by atoms with Gasteiger partial charge in [-0.05, 0) is 30.7 Å². The van der Waals surface area contributed by atoms with E-state index in [1.165, 1.54) is 18.2 Å². The Kier molecular flexibility index (Phi) is 6.91.